The average Bonchev–Trinajstić information content (AvgIpc) is 3.03. The Morgan fingerprint density at radius 3 is 2.81 bits per heavy atom. The fourth-order valence-electron chi connectivity index (χ4n) is 2.15. The quantitative estimate of drug-likeness (QED) is 0.678. The summed E-state index contributed by atoms with van der Waals surface area (Å²) >= 11 is 1.64. The smallest absolute Gasteiger partial charge is 0.410 e. The fourth-order valence-corrected chi connectivity index (χ4v) is 2.95. The largest absolute Gasteiger partial charge is 0.444 e. The second-order valence-corrected chi connectivity index (χ2v) is 8.19. The minimum atomic E-state index is -0.515. The highest BCUT2D eigenvalue weighted by atomic mass is 32.2. The summed E-state index contributed by atoms with van der Waals surface area (Å²) in [5.74, 6) is 1.95. The lowest BCUT2D eigenvalue weighted by Crippen LogP contribution is -2.36. The molecule has 8 heteroatoms. The van der Waals surface area contributed by atoms with E-state index < -0.39 is 5.60 Å². The third kappa shape index (κ3) is 6.67. The summed E-state index contributed by atoms with van der Waals surface area (Å²) in [6.45, 7) is 7.94. The molecule has 7 nitrogen and oxygen atoms in total. The van der Waals surface area contributed by atoms with Gasteiger partial charge in [-0.1, -0.05) is 18.1 Å². The van der Waals surface area contributed by atoms with Gasteiger partial charge in [0.05, 0.1) is 5.03 Å². The predicted octanol–water partition coefficient (Wildman–Crippen LogP) is 3.77. The van der Waals surface area contributed by atoms with Gasteiger partial charge in [0.15, 0.2) is 5.82 Å². The molecule has 0 spiro atoms. The topological polar surface area (TPSA) is 81.4 Å². The number of carbonyl (C=O) groups excluding carboxylic acids is 1. The number of hydrogen-bond donors (Lipinski definition) is 0. The Morgan fingerprint density at radius 1 is 1.38 bits per heavy atom. The van der Waals surface area contributed by atoms with Crippen LogP contribution in [0.2, 0.25) is 0 Å². The number of hydrogen-bond acceptors (Lipinski definition) is 7. The van der Waals surface area contributed by atoms with Crippen molar-refractivity contribution in [1.29, 1.82) is 0 Å². The fraction of sp³-hybridized carbons (Fsp3) is 0.556. The van der Waals surface area contributed by atoms with E-state index in [2.05, 4.69) is 15.1 Å². The maximum atomic E-state index is 12.0. The maximum Gasteiger partial charge on any atom is 0.410 e. The molecular weight excluding hydrogens is 352 g/mol. The third-order valence-corrected chi connectivity index (χ3v) is 4.33. The monoisotopic (exact) mass is 378 g/mol. The Balaban J connectivity index is 1.81. The summed E-state index contributed by atoms with van der Waals surface area (Å²) in [5.41, 5.74) is -0.515. The lowest BCUT2D eigenvalue weighted by Gasteiger charge is -2.25. The van der Waals surface area contributed by atoms with Crippen LogP contribution in [0, 0.1) is 0 Å². The molecule has 0 bridgehead atoms. The summed E-state index contributed by atoms with van der Waals surface area (Å²) < 4.78 is 10.7. The molecule has 2 heterocycles. The zero-order valence-electron chi connectivity index (χ0n) is 15.9. The highest BCUT2D eigenvalue weighted by Gasteiger charge is 2.23. The molecule has 0 saturated carbocycles. The normalized spacial score (nSPS) is 12.7. The molecule has 0 N–H and O–H groups in total. The molecule has 142 valence electrons. The molecule has 0 fully saturated rings. The van der Waals surface area contributed by atoms with Crippen molar-refractivity contribution in [3.63, 3.8) is 0 Å². The van der Waals surface area contributed by atoms with E-state index in [0.717, 1.165) is 10.8 Å². The van der Waals surface area contributed by atoms with E-state index in [1.165, 1.54) is 4.90 Å². The second-order valence-electron chi connectivity index (χ2n) is 7.07. The molecule has 26 heavy (non-hydrogen) atoms. The Bertz CT molecular complexity index is 700. The number of aryl methyl sites for hydroxylation is 1. The third-order valence-electron chi connectivity index (χ3n) is 3.38. The van der Waals surface area contributed by atoms with Crippen LogP contribution >= 0.6 is 11.8 Å². The van der Waals surface area contributed by atoms with Crippen molar-refractivity contribution in [1.82, 2.24) is 20.0 Å². The zero-order valence-corrected chi connectivity index (χ0v) is 16.7. The van der Waals surface area contributed by atoms with Crippen LogP contribution in [0.4, 0.5) is 4.79 Å². The molecule has 1 atom stereocenters. The summed E-state index contributed by atoms with van der Waals surface area (Å²) in [7, 11) is 1.70. The van der Waals surface area contributed by atoms with Crippen LogP contribution in [0.25, 0.3) is 0 Å². The van der Waals surface area contributed by atoms with E-state index in [9.17, 15) is 4.79 Å². The molecule has 1 unspecified atom stereocenters. The van der Waals surface area contributed by atoms with Crippen molar-refractivity contribution < 1.29 is 14.1 Å². The van der Waals surface area contributed by atoms with Crippen LogP contribution in [0.5, 0.6) is 0 Å². The molecule has 1 amide bonds. The van der Waals surface area contributed by atoms with Crippen molar-refractivity contribution in [2.45, 2.75) is 50.7 Å². The first-order chi connectivity index (χ1) is 12.2. The first kappa shape index (κ1) is 20.2. The van der Waals surface area contributed by atoms with Crippen molar-refractivity contribution in [3.8, 4) is 0 Å². The van der Waals surface area contributed by atoms with Crippen LogP contribution in [0.15, 0.2) is 33.9 Å². The first-order valence-corrected chi connectivity index (χ1v) is 9.53. The Hall–Kier alpha value is -2.09. The summed E-state index contributed by atoms with van der Waals surface area (Å²) in [6, 6.07) is 5.82. The van der Waals surface area contributed by atoms with E-state index in [1.54, 1.807) is 25.0 Å². The van der Waals surface area contributed by atoms with Crippen LogP contribution < -0.4 is 0 Å². The van der Waals surface area contributed by atoms with Gasteiger partial charge in [0.25, 0.3) is 0 Å². The van der Waals surface area contributed by atoms with Gasteiger partial charge in [-0.2, -0.15) is 4.98 Å². The molecule has 0 aromatic carbocycles. The van der Waals surface area contributed by atoms with Crippen LogP contribution in [0.3, 0.4) is 0 Å². The Kier molecular flexibility index (Phi) is 7.02. The van der Waals surface area contributed by atoms with E-state index in [0.29, 0.717) is 24.7 Å². The minimum Gasteiger partial charge on any atom is -0.444 e. The highest BCUT2D eigenvalue weighted by Crippen LogP contribution is 2.18. The number of nitrogens with zero attached hydrogens (tertiary/aromatic N) is 4. The van der Waals surface area contributed by atoms with E-state index >= 15 is 0 Å². The van der Waals surface area contributed by atoms with Crippen molar-refractivity contribution in [3.05, 3.63) is 36.1 Å². The van der Waals surface area contributed by atoms with E-state index in [-0.39, 0.29) is 12.0 Å². The van der Waals surface area contributed by atoms with Gasteiger partial charge in [0, 0.05) is 37.9 Å². The molecule has 2 aromatic heterocycles. The van der Waals surface area contributed by atoms with Gasteiger partial charge in [-0.05, 0) is 32.9 Å². The first-order valence-electron chi connectivity index (χ1n) is 8.55. The molecule has 0 saturated heterocycles. The second kappa shape index (κ2) is 9.02. The summed E-state index contributed by atoms with van der Waals surface area (Å²) in [4.78, 5) is 22.3. The van der Waals surface area contributed by atoms with Crippen molar-refractivity contribution >= 4 is 17.9 Å². The van der Waals surface area contributed by atoms with Gasteiger partial charge in [-0.25, -0.2) is 9.78 Å². The van der Waals surface area contributed by atoms with Crippen molar-refractivity contribution in [2.75, 3.05) is 19.3 Å². The van der Waals surface area contributed by atoms with E-state index in [1.807, 2.05) is 45.9 Å². The highest BCUT2D eigenvalue weighted by molar-refractivity contribution is 7.99. The number of amides is 1. The summed E-state index contributed by atoms with van der Waals surface area (Å²) in [5, 5.41) is 5.01. The van der Waals surface area contributed by atoms with Crippen molar-refractivity contribution in [2.24, 2.45) is 0 Å². The molecular formula is C18H26N4O3S. The number of carbonyl (C=O) groups is 1. The Labute approximate surface area is 158 Å². The van der Waals surface area contributed by atoms with Crippen LogP contribution in [-0.2, 0) is 11.2 Å². The molecule has 2 aromatic rings. The maximum absolute atomic E-state index is 12.0. The lowest BCUT2D eigenvalue weighted by atomic mass is 10.1. The van der Waals surface area contributed by atoms with Gasteiger partial charge in [-0.3, -0.25) is 0 Å². The van der Waals surface area contributed by atoms with Gasteiger partial charge < -0.3 is 14.2 Å². The van der Waals surface area contributed by atoms with Gasteiger partial charge >= 0.3 is 6.09 Å². The average molecular weight is 378 g/mol. The molecule has 2 rings (SSSR count). The predicted molar refractivity (Wildman–Crippen MR) is 100 cm³/mol. The zero-order chi connectivity index (χ0) is 19.2. The van der Waals surface area contributed by atoms with Crippen LogP contribution in [0.1, 0.15) is 45.3 Å². The SMILES string of the molecule is CC(CN(C)C(=O)OC(C)(C)C)c1noc(CCSc2ccccn2)n1. The number of likely N-dealkylation sites (N-methyl/N-ethyl adjacent to an activating group) is 1. The molecule has 0 aliphatic carbocycles. The van der Waals surface area contributed by atoms with Gasteiger partial charge in [0.1, 0.15) is 5.60 Å². The lowest BCUT2D eigenvalue weighted by molar-refractivity contribution is 0.0289. The number of pyridine rings is 1. The van der Waals surface area contributed by atoms with Crippen LogP contribution in [-0.4, -0.2) is 51.1 Å². The summed E-state index contributed by atoms with van der Waals surface area (Å²) in [6.07, 6.45) is 2.08. The van der Waals surface area contributed by atoms with Gasteiger partial charge in [0.2, 0.25) is 5.89 Å². The van der Waals surface area contributed by atoms with E-state index in [4.69, 9.17) is 9.26 Å². The van der Waals surface area contributed by atoms with Gasteiger partial charge in [-0.15, -0.1) is 11.8 Å². The number of ether oxygens (including phenoxy) is 1. The standard InChI is InChI=1S/C18H26N4O3S/c1-13(12-22(5)17(23)24-18(2,3)4)16-20-14(25-21-16)9-11-26-15-8-6-7-10-19-15/h6-8,10,13H,9,11-12H2,1-5H3. The Morgan fingerprint density at radius 2 is 2.15 bits per heavy atom. The minimum absolute atomic E-state index is 0.0477. The molecule has 0 aliphatic rings. The molecule has 0 aliphatic heterocycles. The number of thioether (sulfide) groups is 1. The molecule has 0 radical (unpaired) electrons. The number of aromatic nitrogens is 3. The number of rotatable bonds is 7.